The summed E-state index contributed by atoms with van der Waals surface area (Å²) >= 11 is 0. The molecule has 0 bridgehead atoms. The summed E-state index contributed by atoms with van der Waals surface area (Å²) in [4.78, 5) is 37.1. The zero-order chi connectivity index (χ0) is 25.2. The minimum Gasteiger partial charge on any atom is -0.481 e. The zero-order valence-electron chi connectivity index (χ0n) is 18.6. The monoisotopic (exact) mass is 496 g/mol. The second-order valence-electron chi connectivity index (χ2n) is 7.91. The van der Waals surface area contributed by atoms with Gasteiger partial charge in [0, 0.05) is 12.1 Å². The Morgan fingerprint density at radius 2 is 1.94 bits per heavy atom. The largest absolute Gasteiger partial charge is 0.481 e. The summed E-state index contributed by atoms with van der Waals surface area (Å²) in [6.45, 7) is -0.183. The molecule has 0 saturated carbocycles. The van der Waals surface area contributed by atoms with Gasteiger partial charge in [0.1, 0.15) is 11.6 Å². The number of aliphatic carboxylic acids is 1. The Balaban J connectivity index is 1.29. The number of para-hydroxylation sites is 1. The number of oxazole rings is 1. The molecule has 1 fully saturated rings. The third-order valence-electron chi connectivity index (χ3n) is 5.56. The van der Waals surface area contributed by atoms with E-state index in [0.29, 0.717) is 19.4 Å². The predicted octanol–water partition coefficient (Wildman–Crippen LogP) is 3.81. The van der Waals surface area contributed by atoms with E-state index in [1.807, 2.05) is 0 Å². The molecule has 12 heteroatoms. The van der Waals surface area contributed by atoms with Gasteiger partial charge in [-0.25, -0.2) is 23.5 Å². The fourth-order valence-corrected chi connectivity index (χ4v) is 3.81. The highest BCUT2D eigenvalue weighted by atomic mass is 19.1. The second kappa shape index (κ2) is 9.56. The van der Waals surface area contributed by atoms with Gasteiger partial charge in [-0.2, -0.15) is 4.98 Å². The lowest BCUT2D eigenvalue weighted by molar-refractivity contribution is -0.149. The van der Waals surface area contributed by atoms with Crippen LogP contribution in [-0.4, -0.2) is 56.0 Å². The number of rotatable bonds is 7. The van der Waals surface area contributed by atoms with E-state index in [0.717, 1.165) is 6.07 Å². The first-order valence-electron chi connectivity index (χ1n) is 10.9. The van der Waals surface area contributed by atoms with Gasteiger partial charge in [0.05, 0.1) is 6.20 Å². The number of hydrogen-bond donors (Lipinski definition) is 1. The molecule has 1 N–H and O–H groups in total. The highest BCUT2D eigenvalue weighted by molar-refractivity contribution is 5.85. The third kappa shape index (κ3) is 4.65. The van der Waals surface area contributed by atoms with Crippen molar-refractivity contribution >= 4 is 23.1 Å². The van der Waals surface area contributed by atoms with E-state index in [1.165, 1.54) is 41.4 Å². The molecule has 1 aliphatic heterocycles. The van der Waals surface area contributed by atoms with Crippen LogP contribution >= 0.6 is 0 Å². The Kier molecular flexibility index (Phi) is 6.15. The van der Waals surface area contributed by atoms with Crippen molar-refractivity contribution in [2.24, 2.45) is 0 Å². The van der Waals surface area contributed by atoms with E-state index in [-0.39, 0.29) is 40.2 Å². The van der Waals surface area contributed by atoms with Crippen molar-refractivity contribution in [3.63, 3.8) is 0 Å². The van der Waals surface area contributed by atoms with Crippen LogP contribution in [0.3, 0.4) is 0 Å². The number of carbonyl (C=O) groups excluding carboxylic acids is 1. The van der Waals surface area contributed by atoms with Crippen LogP contribution in [0.5, 0.6) is 17.5 Å². The first kappa shape index (κ1) is 23.1. The molecule has 0 radical (unpaired) electrons. The molecule has 1 aliphatic rings. The molecule has 1 atom stereocenters. The maximum atomic E-state index is 14.7. The third-order valence-corrected chi connectivity index (χ3v) is 5.56. The molecule has 184 valence electrons. The van der Waals surface area contributed by atoms with Crippen LogP contribution in [0.25, 0.3) is 22.7 Å². The molecule has 0 unspecified atom stereocenters. The summed E-state index contributed by atoms with van der Waals surface area (Å²) in [7, 11) is 0. The van der Waals surface area contributed by atoms with Crippen LogP contribution in [0.4, 0.5) is 8.78 Å². The summed E-state index contributed by atoms with van der Waals surface area (Å²) in [6, 6.07) is 8.63. The second-order valence-corrected chi connectivity index (χ2v) is 7.91. The number of carboxylic acids is 1. The summed E-state index contributed by atoms with van der Waals surface area (Å²) in [6.07, 6.45) is 2.28. The maximum Gasteiger partial charge on any atom is 0.326 e. The van der Waals surface area contributed by atoms with Crippen LogP contribution in [0.1, 0.15) is 12.8 Å². The highest BCUT2D eigenvalue weighted by Crippen LogP contribution is 2.29. The minimum absolute atomic E-state index is 0.0465. The van der Waals surface area contributed by atoms with E-state index in [1.54, 1.807) is 6.07 Å². The Morgan fingerprint density at radius 1 is 1.11 bits per heavy atom. The van der Waals surface area contributed by atoms with Crippen LogP contribution in [0.15, 0.2) is 53.1 Å². The fourth-order valence-electron chi connectivity index (χ4n) is 3.81. The van der Waals surface area contributed by atoms with Gasteiger partial charge in [-0.1, -0.05) is 12.1 Å². The molecular formula is C24H18F2N4O6. The average Bonchev–Trinajstić information content (AvgIpc) is 3.52. The van der Waals surface area contributed by atoms with Gasteiger partial charge >= 0.3 is 12.0 Å². The van der Waals surface area contributed by atoms with Crippen LogP contribution in [0, 0.1) is 11.6 Å². The number of fused-ring (bicyclic) bond motifs is 1. The predicted molar refractivity (Wildman–Crippen MR) is 119 cm³/mol. The van der Waals surface area contributed by atoms with E-state index >= 15 is 0 Å². The number of aromatic nitrogens is 3. The zero-order valence-corrected chi connectivity index (χ0v) is 18.6. The number of halogens is 2. The normalized spacial score (nSPS) is 15.3. The molecule has 5 rings (SSSR count). The van der Waals surface area contributed by atoms with Gasteiger partial charge in [-0.3, -0.25) is 4.79 Å². The van der Waals surface area contributed by atoms with Gasteiger partial charge in [0.2, 0.25) is 5.89 Å². The minimum atomic E-state index is -1.08. The van der Waals surface area contributed by atoms with Crippen molar-refractivity contribution in [1.82, 2.24) is 19.9 Å². The molecule has 3 heterocycles. The van der Waals surface area contributed by atoms with Crippen molar-refractivity contribution in [2.75, 3.05) is 13.2 Å². The van der Waals surface area contributed by atoms with Crippen molar-refractivity contribution in [3.05, 3.63) is 60.3 Å². The quantitative estimate of drug-likeness (QED) is 0.406. The maximum absolute atomic E-state index is 14.7. The Labute approximate surface area is 202 Å². The van der Waals surface area contributed by atoms with E-state index < -0.39 is 36.2 Å². The Hall–Kier alpha value is -4.61. The van der Waals surface area contributed by atoms with Crippen LogP contribution in [0.2, 0.25) is 0 Å². The molecular weight excluding hydrogens is 478 g/mol. The fraction of sp³-hybridized carbons (Fsp3) is 0.208. The Bertz CT molecular complexity index is 1460. The van der Waals surface area contributed by atoms with Crippen LogP contribution < -0.4 is 9.47 Å². The summed E-state index contributed by atoms with van der Waals surface area (Å²) < 4.78 is 44.7. The molecule has 2 aromatic heterocycles. The molecule has 2 aromatic carbocycles. The number of carboxylic acid groups (broad SMARTS) is 1. The van der Waals surface area contributed by atoms with Crippen molar-refractivity contribution in [2.45, 2.75) is 18.9 Å². The number of nitrogens with zero attached hydrogens (tertiary/aromatic N) is 4. The van der Waals surface area contributed by atoms with E-state index in [2.05, 4.69) is 15.0 Å². The number of carbonyl (C=O) groups is 2. The van der Waals surface area contributed by atoms with Crippen LogP contribution in [-0.2, 0) is 9.59 Å². The topological polar surface area (TPSA) is 128 Å². The number of hydrogen-bond acceptors (Lipinski definition) is 8. The lowest BCUT2D eigenvalue weighted by Gasteiger charge is -2.21. The van der Waals surface area contributed by atoms with Crippen molar-refractivity contribution in [3.8, 4) is 29.0 Å². The first-order chi connectivity index (χ1) is 17.4. The number of benzene rings is 2. The van der Waals surface area contributed by atoms with E-state index in [9.17, 15) is 23.5 Å². The average molecular weight is 496 g/mol. The molecule has 0 aliphatic carbocycles. The summed E-state index contributed by atoms with van der Waals surface area (Å²) in [5, 5.41) is 9.21. The highest BCUT2D eigenvalue weighted by Gasteiger charge is 2.34. The molecule has 4 aromatic rings. The number of amides is 1. The van der Waals surface area contributed by atoms with Gasteiger partial charge < -0.3 is 23.9 Å². The smallest absolute Gasteiger partial charge is 0.326 e. The molecule has 1 saturated heterocycles. The Morgan fingerprint density at radius 3 is 2.72 bits per heavy atom. The lowest BCUT2D eigenvalue weighted by atomic mass is 10.2. The van der Waals surface area contributed by atoms with Gasteiger partial charge in [0.25, 0.3) is 11.6 Å². The number of likely N-dealkylation sites (tertiary alicyclic amines) is 1. The van der Waals surface area contributed by atoms with Crippen molar-refractivity contribution in [1.29, 1.82) is 0 Å². The first-order valence-corrected chi connectivity index (χ1v) is 10.9. The lowest BCUT2D eigenvalue weighted by Crippen LogP contribution is -2.42. The SMILES string of the molecule is O=C(O)[C@@H]1CCCN1C(=O)COc1ccc(-c2nc3cnc(Oc4ccccc4F)nc3o2)cc1F. The van der Waals surface area contributed by atoms with Gasteiger partial charge in [-0.15, -0.1) is 0 Å². The summed E-state index contributed by atoms with van der Waals surface area (Å²) in [5.74, 6) is -3.16. The molecule has 0 spiro atoms. The standard InChI is InChI=1S/C24H18F2N4O6/c25-14-4-1-2-6-19(14)35-24-27-11-16-22(29-24)36-21(28-16)13-7-8-18(15(26)10-13)34-12-20(31)30-9-3-5-17(30)23(32)33/h1-2,4,6-8,10-11,17H,3,5,9,12H2,(H,32,33)/t17-/m0/s1. The molecule has 1 amide bonds. The van der Waals surface area contributed by atoms with Crippen molar-refractivity contribution < 1.29 is 37.4 Å². The molecule has 10 nitrogen and oxygen atoms in total. The molecule has 36 heavy (non-hydrogen) atoms. The number of ether oxygens (including phenoxy) is 2. The summed E-state index contributed by atoms with van der Waals surface area (Å²) in [5.41, 5.74) is 0.596. The van der Waals surface area contributed by atoms with Gasteiger partial charge in [-0.05, 0) is 43.2 Å². The van der Waals surface area contributed by atoms with Gasteiger partial charge in [0.15, 0.2) is 29.7 Å². The van der Waals surface area contributed by atoms with E-state index in [4.69, 9.17) is 13.9 Å².